The molecule has 0 aliphatic carbocycles. The number of nitrogens with zero attached hydrogens (tertiary/aromatic N) is 4. The van der Waals surface area contributed by atoms with E-state index in [-0.39, 0.29) is 19.6 Å². The van der Waals surface area contributed by atoms with E-state index in [2.05, 4.69) is 18.5 Å². The molecule has 0 unspecified atom stereocenters. The number of rotatable bonds is 12. The molecule has 10 nitrogen and oxygen atoms in total. The summed E-state index contributed by atoms with van der Waals surface area (Å²) in [6, 6.07) is 15.4. The summed E-state index contributed by atoms with van der Waals surface area (Å²) in [5.41, 5.74) is 3.38. The van der Waals surface area contributed by atoms with Crippen LogP contribution in [0.5, 0.6) is 0 Å². The highest BCUT2D eigenvalue weighted by atomic mass is 16.5. The lowest BCUT2D eigenvalue weighted by atomic mass is 9.85. The van der Waals surface area contributed by atoms with E-state index in [4.69, 9.17) is 19.7 Å². The number of amides is 2. The van der Waals surface area contributed by atoms with E-state index in [9.17, 15) is 14.4 Å². The van der Waals surface area contributed by atoms with Crippen LogP contribution in [0.25, 0.3) is 28.6 Å². The number of methoxy groups -OCH3 is 1. The van der Waals surface area contributed by atoms with Gasteiger partial charge in [-0.05, 0) is 36.3 Å². The molecule has 2 aromatic carbocycles. The third-order valence-electron chi connectivity index (χ3n) is 7.85. The molecule has 0 bridgehead atoms. The average molecular weight is 614 g/mol. The Labute approximate surface area is 265 Å². The molecule has 1 N–H and O–H groups in total. The zero-order valence-electron chi connectivity index (χ0n) is 26.6. The highest BCUT2D eigenvalue weighted by molar-refractivity contribution is 5.91. The Balaban J connectivity index is 1.64. The molecule has 4 rings (SSSR count). The fourth-order valence-corrected chi connectivity index (χ4v) is 5.40. The lowest BCUT2D eigenvalue weighted by Gasteiger charge is -2.34. The van der Waals surface area contributed by atoms with E-state index in [0.717, 1.165) is 29.5 Å². The predicted octanol–water partition coefficient (Wildman–Crippen LogP) is 6.07. The number of likely N-dealkylation sites (tertiary alicyclic amines) is 1. The fraction of sp³-hybridized carbons (Fsp3) is 0.400. The molecule has 1 aliphatic rings. The summed E-state index contributed by atoms with van der Waals surface area (Å²) in [5.74, 6) is -0.948. The van der Waals surface area contributed by atoms with Gasteiger partial charge in [0.2, 0.25) is 5.91 Å². The fourth-order valence-electron chi connectivity index (χ4n) is 5.40. The van der Waals surface area contributed by atoms with Crippen molar-refractivity contribution in [2.75, 3.05) is 20.3 Å². The Morgan fingerprint density at radius 3 is 2.36 bits per heavy atom. The van der Waals surface area contributed by atoms with Crippen LogP contribution in [-0.4, -0.2) is 70.2 Å². The van der Waals surface area contributed by atoms with Crippen LogP contribution in [-0.2, 0) is 19.1 Å². The number of hydrogen-bond donors (Lipinski definition) is 1. The third kappa shape index (κ3) is 8.06. The Hall–Kier alpha value is -4.73. The normalized spacial score (nSPS) is 16.9. The molecule has 2 amide bonds. The number of hydrogen-bond acceptors (Lipinski definition) is 7. The molecule has 0 radical (unpaired) electrons. The second-order valence-electron chi connectivity index (χ2n) is 12.2. The van der Waals surface area contributed by atoms with E-state index >= 15 is 0 Å². The predicted molar refractivity (Wildman–Crippen MR) is 174 cm³/mol. The highest BCUT2D eigenvalue weighted by Crippen LogP contribution is 2.35. The number of carbonyl (C=O) groups excluding carboxylic acids is 3. The molecule has 1 aromatic heterocycles. The summed E-state index contributed by atoms with van der Waals surface area (Å²) in [6.07, 6.45) is 5.53. The van der Waals surface area contributed by atoms with Crippen molar-refractivity contribution in [3.63, 3.8) is 0 Å². The van der Waals surface area contributed by atoms with Gasteiger partial charge in [-0.3, -0.25) is 4.79 Å². The van der Waals surface area contributed by atoms with Crippen LogP contribution >= 0.6 is 0 Å². The van der Waals surface area contributed by atoms with Crippen molar-refractivity contribution in [1.82, 2.24) is 25.2 Å². The van der Waals surface area contributed by atoms with Crippen molar-refractivity contribution in [3.8, 4) is 22.5 Å². The van der Waals surface area contributed by atoms with Crippen LogP contribution in [0, 0.1) is 5.41 Å². The summed E-state index contributed by atoms with van der Waals surface area (Å²) in [7, 11) is 1.30. The Bertz CT molecular complexity index is 1510. The molecular weight excluding hydrogens is 570 g/mol. The van der Waals surface area contributed by atoms with Crippen molar-refractivity contribution in [2.45, 2.75) is 64.6 Å². The summed E-state index contributed by atoms with van der Waals surface area (Å²) >= 11 is 0. The van der Waals surface area contributed by atoms with E-state index in [1.54, 1.807) is 10.9 Å². The molecule has 0 spiro atoms. The van der Waals surface area contributed by atoms with Gasteiger partial charge in [-0.15, -0.1) is 6.58 Å². The Morgan fingerprint density at radius 1 is 1.02 bits per heavy atom. The largest absolute Gasteiger partial charge is 0.467 e. The smallest absolute Gasteiger partial charge is 0.407 e. The van der Waals surface area contributed by atoms with E-state index in [0.29, 0.717) is 17.8 Å². The molecule has 1 aliphatic heterocycles. The SMILES string of the molecule is C=CCCCCOC(=O)N[C@H](C(=O)N1C[C@H](n2nc(-c3ccccc3)c(-c3cccc(C=C)c3)n2)C[C@H]1C(=O)OC)C(C)(C)C. The minimum atomic E-state index is -0.952. The van der Waals surface area contributed by atoms with Gasteiger partial charge in [-0.1, -0.05) is 88.0 Å². The standard InChI is InChI=1S/C35H43N5O5/c1-7-9-10-14-20-45-34(43)36-31(35(3,4)5)32(41)39-23-27(22-28(39)33(42)44-6)40-37-29(25-17-12-11-13-18-25)30(38-40)26-19-15-16-24(8-2)21-26/h7-8,11-13,15-19,21,27-28,31H,1-2,9-10,14,20,22-23H2,3-6H3,(H,36,43)/t27-,28+,31-/m1/s1. The summed E-state index contributed by atoms with van der Waals surface area (Å²) in [6.45, 7) is 13.5. The quantitative estimate of drug-likeness (QED) is 0.150. The highest BCUT2D eigenvalue weighted by Gasteiger charge is 2.46. The molecule has 3 atom stereocenters. The molecule has 2 heterocycles. The topological polar surface area (TPSA) is 116 Å². The monoisotopic (exact) mass is 613 g/mol. The Kier molecular flexibility index (Phi) is 10.9. The first-order valence-corrected chi connectivity index (χ1v) is 15.2. The molecule has 238 valence electrons. The molecule has 0 saturated carbocycles. The van der Waals surface area contributed by atoms with Gasteiger partial charge in [-0.25, -0.2) is 9.59 Å². The number of nitrogens with one attached hydrogen (secondary N) is 1. The van der Waals surface area contributed by atoms with Crippen LogP contribution in [0.15, 0.2) is 73.8 Å². The van der Waals surface area contributed by atoms with Crippen molar-refractivity contribution < 1.29 is 23.9 Å². The van der Waals surface area contributed by atoms with Crippen molar-refractivity contribution in [3.05, 3.63) is 79.4 Å². The van der Waals surface area contributed by atoms with Gasteiger partial charge in [0.1, 0.15) is 23.5 Å². The lowest BCUT2D eigenvalue weighted by Crippen LogP contribution is -2.57. The molecule has 1 fully saturated rings. The first kappa shape index (κ1) is 33.2. The van der Waals surface area contributed by atoms with Crippen molar-refractivity contribution >= 4 is 24.0 Å². The van der Waals surface area contributed by atoms with Gasteiger partial charge in [0.05, 0.1) is 19.8 Å². The van der Waals surface area contributed by atoms with Gasteiger partial charge in [0.25, 0.3) is 0 Å². The van der Waals surface area contributed by atoms with Crippen molar-refractivity contribution in [2.24, 2.45) is 5.41 Å². The maximum absolute atomic E-state index is 14.1. The van der Waals surface area contributed by atoms with Crippen LogP contribution < -0.4 is 5.32 Å². The number of carbonyl (C=O) groups is 3. The number of ether oxygens (including phenoxy) is 2. The molecule has 45 heavy (non-hydrogen) atoms. The van der Waals surface area contributed by atoms with Gasteiger partial charge in [0, 0.05) is 24.1 Å². The second kappa shape index (κ2) is 14.8. The van der Waals surface area contributed by atoms with Gasteiger partial charge >= 0.3 is 12.1 Å². The number of benzene rings is 2. The number of aromatic nitrogens is 3. The number of allylic oxidation sites excluding steroid dienone is 1. The molecule has 10 heteroatoms. The lowest BCUT2D eigenvalue weighted by molar-refractivity contribution is -0.152. The second-order valence-corrected chi connectivity index (χ2v) is 12.2. The molecule has 3 aromatic rings. The van der Waals surface area contributed by atoms with Gasteiger partial charge < -0.3 is 19.7 Å². The van der Waals surface area contributed by atoms with Crippen LogP contribution in [0.1, 0.15) is 58.1 Å². The van der Waals surface area contributed by atoms with Gasteiger partial charge in [-0.2, -0.15) is 15.0 Å². The maximum atomic E-state index is 14.1. The van der Waals surface area contributed by atoms with Crippen LogP contribution in [0.2, 0.25) is 0 Å². The zero-order valence-corrected chi connectivity index (χ0v) is 26.6. The first-order chi connectivity index (χ1) is 21.6. The summed E-state index contributed by atoms with van der Waals surface area (Å²) in [4.78, 5) is 42.9. The zero-order chi connectivity index (χ0) is 32.6. The average Bonchev–Trinajstić information content (AvgIpc) is 3.68. The van der Waals surface area contributed by atoms with Crippen LogP contribution in [0.4, 0.5) is 4.79 Å². The first-order valence-electron chi connectivity index (χ1n) is 15.2. The van der Waals surface area contributed by atoms with E-state index < -0.39 is 41.5 Å². The maximum Gasteiger partial charge on any atom is 0.407 e. The van der Waals surface area contributed by atoms with Gasteiger partial charge in [0.15, 0.2) is 0 Å². The van der Waals surface area contributed by atoms with E-state index in [1.165, 1.54) is 12.0 Å². The third-order valence-corrected chi connectivity index (χ3v) is 7.85. The number of alkyl carbamates (subject to hydrolysis) is 1. The molecular formula is C35H43N5O5. The minimum absolute atomic E-state index is 0.151. The Morgan fingerprint density at radius 2 is 1.71 bits per heavy atom. The molecule has 1 saturated heterocycles. The number of esters is 1. The summed E-state index contributed by atoms with van der Waals surface area (Å²) in [5, 5.41) is 12.6. The van der Waals surface area contributed by atoms with Crippen LogP contribution in [0.3, 0.4) is 0 Å². The minimum Gasteiger partial charge on any atom is -0.467 e. The summed E-state index contributed by atoms with van der Waals surface area (Å²) < 4.78 is 10.5. The van der Waals surface area contributed by atoms with E-state index in [1.807, 2.05) is 81.4 Å². The van der Waals surface area contributed by atoms with Crippen molar-refractivity contribution in [1.29, 1.82) is 0 Å². The number of unbranched alkanes of at least 4 members (excludes halogenated alkanes) is 2.